The third-order valence-electron chi connectivity index (χ3n) is 0.857. The first-order valence-electron chi connectivity index (χ1n) is 2.56. The number of halogens is 2. The van der Waals surface area contributed by atoms with E-state index in [1.54, 1.807) is 0 Å². The summed E-state index contributed by atoms with van der Waals surface area (Å²) < 4.78 is 2.55. The highest BCUT2D eigenvalue weighted by molar-refractivity contribution is 14.1. The van der Waals surface area contributed by atoms with Crippen LogP contribution < -0.4 is 0 Å². The van der Waals surface area contributed by atoms with Crippen molar-refractivity contribution in [2.24, 2.45) is 0 Å². The second kappa shape index (κ2) is 4.79. The molecule has 0 aromatic rings. The molecule has 0 aromatic carbocycles. The van der Waals surface area contributed by atoms with Crippen molar-refractivity contribution in [3.63, 3.8) is 0 Å². The van der Waals surface area contributed by atoms with Crippen LogP contribution >= 0.6 is 38.5 Å². The van der Waals surface area contributed by atoms with Crippen LogP contribution in [-0.4, -0.2) is 4.43 Å². The SMILES string of the molecule is CC(C)=C(Br)CCI. The lowest BCUT2D eigenvalue weighted by Crippen LogP contribution is -1.76. The highest BCUT2D eigenvalue weighted by Crippen LogP contribution is 2.16. The van der Waals surface area contributed by atoms with Gasteiger partial charge in [0.2, 0.25) is 0 Å². The van der Waals surface area contributed by atoms with Gasteiger partial charge >= 0.3 is 0 Å². The molecule has 0 spiro atoms. The molecule has 0 heterocycles. The van der Waals surface area contributed by atoms with E-state index in [2.05, 4.69) is 52.4 Å². The highest BCUT2D eigenvalue weighted by atomic mass is 127. The molecule has 0 nitrogen and oxygen atoms in total. The summed E-state index contributed by atoms with van der Waals surface area (Å²) in [5.41, 5.74) is 1.39. The molecular weight excluding hydrogens is 279 g/mol. The highest BCUT2D eigenvalue weighted by Gasteiger charge is 1.90. The summed E-state index contributed by atoms with van der Waals surface area (Å²) >= 11 is 5.85. The minimum absolute atomic E-state index is 1.17. The van der Waals surface area contributed by atoms with Crippen molar-refractivity contribution in [3.8, 4) is 0 Å². The molecule has 0 aliphatic heterocycles. The second-order valence-corrected chi connectivity index (χ2v) is 3.88. The lowest BCUT2D eigenvalue weighted by molar-refractivity contribution is 1.19. The van der Waals surface area contributed by atoms with E-state index in [1.807, 2.05) is 0 Å². The van der Waals surface area contributed by atoms with E-state index in [0.717, 1.165) is 0 Å². The molecule has 0 aliphatic carbocycles. The molecule has 0 rings (SSSR count). The number of alkyl halides is 1. The largest absolute Gasteiger partial charge is 0.0860 e. The molecule has 0 saturated carbocycles. The normalized spacial score (nSPS) is 9.00. The number of rotatable bonds is 2. The van der Waals surface area contributed by atoms with Crippen molar-refractivity contribution in [1.29, 1.82) is 0 Å². The Balaban J connectivity index is 3.62. The van der Waals surface area contributed by atoms with E-state index >= 15 is 0 Å². The minimum atomic E-state index is 1.17. The Morgan fingerprint density at radius 3 is 2.12 bits per heavy atom. The Morgan fingerprint density at radius 1 is 1.50 bits per heavy atom. The van der Waals surface area contributed by atoms with Gasteiger partial charge in [-0.05, 0) is 24.8 Å². The van der Waals surface area contributed by atoms with E-state index in [1.165, 1.54) is 20.9 Å². The van der Waals surface area contributed by atoms with Gasteiger partial charge in [0.25, 0.3) is 0 Å². The van der Waals surface area contributed by atoms with Crippen molar-refractivity contribution in [2.45, 2.75) is 20.3 Å². The summed E-state index contributed by atoms with van der Waals surface area (Å²) in [7, 11) is 0. The van der Waals surface area contributed by atoms with Gasteiger partial charge in [-0.1, -0.05) is 44.1 Å². The van der Waals surface area contributed by atoms with E-state index in [0.29, 0.717) is 0 Å². The average molecular weight is 289 g/mol. The summed E-state index contributed by atoms with van der Waals surface area (Å²) in [5.74, 6) is 0. The van der Waals surface area contributed by atoms with Crippen molar-refractivity contribution in [1.82, 2.24) is 0 Å². The molecule has 0 unspecified atom stereocenters. The number of hydrogen-bond donors (Lipinski definition) is 0. The van der Waals surface area contributed by atoms with Crippen LogP contribution in [0.2, 0.25) is 0 Å². The van der Waals surface area contributed by atoms with E-state index in [9.17, 15) is 0 Å². The number of allylic oxidation sites excluding steroid dienone is 2. The van der Waals surface area contributed by atoms with Crippen LogP contribution in [0.25, 0.3) is 0 Å². The molecule has 0 radical (unpaired) electrons. The predicted octanol–water partition coefficient (Wildman–Crippen LogP) is 3.50. The summed E-state index contributed by atoms with van der Waals surface area (Å²) in [5, 5.41) is 0. The van der Waals surface area contributed by atoms with Gasteiger partial charge < -0.3 is 0 Å². The standard InChI is InChI=1S/C6H10BrI/c1-5(2)6(7)3-4-8/h3-4H2,1-2H3. The molecule has 0 bridgehead atoms. The zero-order chi connectivity index (χ0) is 6.57. The maximum Gasteiger partial charge on any atom is 0.00409 e. The molecule has 0 aromatic heterocycles. The number of hydrogen-bond acceptors (Lipinski definition) is 0. The van der Waals surface area contributed by atoms with Crippen molar-refractivity contribution >= 4 is 38.5 Å². The first kappa shape index (κ1) is 8.95. The van der Waals surface area contributed by atoms with Gasteiger partial charge in [0, 0.05) is 4.43 Å². The van der Waals surface area contributed by atoms with Gasteiger partial charge in [-0.15, -0.1) is 0 Å². The monoisotopic (exact) mass is 288 g/mol. The molecule has 0 fully saturated rings. The van der Waals surface area contributed by atoms with Crippen LogP contribution in [0, 0.1) is 0 Å². The van der Waals surface area contributed by atoms with Crippen LogP contribution in [0.5, 0.6) is 0 Å². The molecule has 0 N–H and O–H groups in total. The Hall–Kier alpha value is 0.950. The van der Waals surface area contributed by atoms with Gasteiger partial charge in [0.15, 0.2) is 0 Å². The fourth-order valence-electron chi connectivity index (χ4n) is 0.333. The third-order valence-corrected chi connectivity index (χ3v) is 2.59. The Labute approximate surface area is 73.0 Å². The second-order valence-electron chi connectivity index (χ2n) is 1.84. The molecular formula is C6H10BrI. The van der Waals surface area contributed by atoms with Crippen LogP contribution in [0.15, 0.2) is 10.1 Å². The summed E-state index contributed by atoms with van der Waals surface area (Å²) in [4.78, 5) is 0. The average Bonchev–Trinajstić information content (AvgIpc) is 1.67. The molecule has 48 valence electrons. The van der Waals surface area contributed by atoms with Crippen LogP contribution in [0.4, 0.5) is 0 Å². The van der Waals surface area contributed by atoms with Crippen molar-refractivity contribution in [2.75, 3.05) is 4.43 Å². The van der Waals surface area contributed by atoms with Gasteiger partial charge in [-0.25, -0.2) is 0 Å². The molecule has 0 saturated heterocycles. The van der Waals surface area contributed by atoms with Gasteiger partial charge in [-0.2, -0.15) is 0 Å². The van der Waals surface area contributed by atoms with Crippen LogP contribution in [0.3, 0.4) is 0 Å². The first-order chi connectivity index (χ1) is 3.68. The van der Waals surface area contributed by atoms with Crippen molar-refractivity contribution < 1.29 is 0 Å². The zero-order valence-corrected chi connectivity index (χ0v) is 8.91. The molecule has 2 heteroatoms. The molecule has 0 aliphatic rings. The summed E-state index contributed by atoms with van der Waals surface area (Å²) in [6, 6.07) is 0. The maximum atomic E-state index is 3.48. The van der Waals surface area contributed by atoms with E-state index in [-0.39, 0.29) is 0 Å². The lowest BCUT2D eigenvalue weighted by Gasteiger charge is -1.95. The van der Waals surface area contributed by atoms with E-state index < -0.39 is 0 Å². The smallest absolute Gasteiger partial charge is 0.00409 e. The topological polar surface area (TPSA) is 0 Å². The quantitative estimate of drug-likeness (QED) is 0.539. The first-order valence-corrected chi connectivity index (χ1v) is 4.88. The Morgan fingerprint density at radius 2 is 2.00 bits per heavy atom. The maximum absolute atomic E-state index is 3.48. The molecule has 0 atom stereocenters. The fourth-order valence-corrected chi connectivity index (χ4v) is 1.81. The van der Waals surface area contributed by atoms with Crippen LogP contribution in [0.1, 0.15) is 20.3 Å². The van der Waals surface area contributed by atoms with Crippen LogP contribution in [-0.2, 0) is 0 Å². The fraction of sp³-hybridized carbons (Fsp3) is 0.667. The minimum Gasteiger partial charge on any atom is -0.0860 e. The van der Waals surface area contributed by atoms with Gasteiger partial charge in [-0.3, -0.25) is 0 Å². The molecule has 8 heavy (non-hydrogen) atoms. The summed E-state index contributed by atoms with van der Waals surface area (Å²) in [6.45, 7) is 4.24. The van der Waals surface area contributed by atoms with E-state index in [4.69, 9.17) is 0 Å². The predicted molar refractivity (Wildman–Crippen MR) is 50.8 cm³/mol. The Bertz CT molecular complexity index is 92.7. The molecule has 0 amide bonds. The zero-order valence-electron chi connectivity index (χ0n) is 5.17. The van der Waals surface area contributed by atoms with Crippen molar-refractivity contribution in [3.05, 3.63) is 10.1 Å². The van der Waals surface area contributed by atoms with Gasteiger partial charge in [0.1, 0.15) is 0 Å². The third kappa shape index (κ3) is 3.89. The van der Waals surface area contributed by atoms with Gasteiger partial charge in [0.05, 0.1) is 0 Å². The lowest BCUT2D eigenvalue weighted by atomic mass is 10.3. The Kier molecular flexibility index (Phi) is 5.36. The summed E-state index contributed by atoms with van der Waals surface area (Å²) in [6.07, 6.45) is 1.17.